The van der Waals surface area contributed by atoms with Gasteiger partial charge < -0.3 is 10.3 Å². The molecule has 1 aromatic rings. The number of nitrogen functional groups attached to an aromatic ring is 1. The van der Waals surface area contributed by atoms with E-state index in [0.29, 0.717) is 5.82 Å². The van der Waals surface area contributed by atoms with Crippen molar-refractivity contribution < 1.29 is 0 Å². The molecule has 0 atom stereocenters. The molecule has 0 unspecified atom stereocenters. The smallest absolute Gasteiger partial charge is 0.160 e. The number of aromatic nitrogens is 2. The van der Waals surface area contributed by atoms with Gasteiger partial charge in [-0.15, -0.1) is 0 Å². The standard InChI is InChI=1S/C10H17N5/c1-8-2-4-15(5-3-8)10-7-12-6-9(13-10)14-11/h6-8H,2-5,11H2,1H3,(H,13,14). The van der Waals surface area contributed by atoms with Gasteiger partial charge >= 0.3 is 0 Å². The lowest BCUT2D eigenvalue weighted by atomic mass is 9.99. The maximum absolute atomic E-state index is 5.30. The van der Waals surface area contributed by atoms with Crippen LogP contribution < -0.4 is 16.2 Å². The van der Waals surface area contributed by atoms with Crippen molar-refractivity contribution in [3.8, 4) is 0 Å². The van der Waals surface area contributed by atoms with Crippen LogP contribution in [0.2, 0.25) is 0 Å². The summed E-state index contributed by atoms with van der Waals surface area (Å²) in [6.07, 6.45) is 5.86. The molecule has 1 aliphatic rings. The number of nitrogens with two attached hydrogens (primary N) is 1. The SMILES string of the molecule is CC1CCN(c2cncc(NN)n2)CC1. The van der Waals surface area contributed by atoms with E-state index in [4.69, 9.17) is 5.84 Å². The molecule has 1 fully saturated rings. The second-order valence-electron chi connectivity index (χ2n) is 4.08. The number of hydrogen-bond acceptors (Lipinski definition) is 5. The molecule has 1 aromatic heterocycles. The maximum atomic E-state index is 5.30. The zero-order chi connectivity index (χ0) is 10.7. The molecular formula is C10H17N5. The molecule has 0 bridgehead atoms. The van der Waals surface area contributed by atoms with Crippen LogP contribution in [0.4, 0.5) is 11.6 Å². The molecule has 3 N–H and O–H groups in total. The maximum Gasteiger partial charge on any atom is 0.160 e. The number of rotatable bonds is 2. The molecule has 0 saturated carbocycles. The van der Waals surface area contributed by atoms with E-state index in [1.165, 1.54) is 12.8 Å². The van der Waals surface area contributed by atoms with Crippen LogP contribution in [0.25, 0.3) is 0 Å². The Labute approximate surface area is 89.7 Å². The van der Waals surface area contributed by atoms with Gasteiger partial charge in [-0.05, 0) is 18.8 Å². The van der Waals surface area contributed by atoms with E-state index in [-0.39, 0.29) is 0 Å². The topological polar surface area (TPSA) is 67.1 Å². The summed E-state index contributed by atoms with van der Waals surface area (Å²) < 4.78 is 0. The van der Waals surface area contributed by atoms with Crippen molar-refractivity contribution in [3.63, 3.8) is 0 Å². The highest BCUT2D eigenvalue weighted by Gasteiger charge is 2.17. The highest BCUT2D eigenvalue weighted by molar-refractivity contribution is 5.43. The quantitative estimate of drug-likeness (QED) is 0.559. The van der Waals surface area contributed by atoms with E-state index < -0.39 is 0 Å². The number of nitrogens with zero attached hydrogens (tertiary/aromatic N) is 3. The molecule has 0 radical (unpaired) electrons. The van der Waals surface area contributed by atoms with Gasteiger partial charge in [0.15, 0.2) is 5.82 Å². The Hall–Kier alpha value is -1.36. The van der Waals surface area contributed by atoms with Crippen molar-refractivity contribution in [2.45, 2.75) is 19.8 Å². The monoisotopic (exact) mass is 207 g/mol. The van der Waals surface area contributed by atoms with Crippen molar-refractivity contribution in [1.82, 2.24) is 9.97 Å². The fraction of sp³-hybridized carbons (Fsp3) is 0.600. The van der Waals surface area contributed by atoms with Crippen LogP contribution in [-0.2, 0) is 0 Å². The summed E-state index contributed by atoms with van der Waals surface area (Å²) in [4.78, 5) is 10.7. The lowest BCUT2D eigenvalue weighted by Crippen LogP contribution is -2.33. The van der Waals surface area contributed by atoms with E-state index in [1.54, 1.807) is 12.4 Å². The Balaban J connectivity index is 2.08. The molecule has 2 rings (SSSR count). The Morgan fingerprint density at radius 1 is 1.40 bits per heavy atom. The summed E-state index contributed by atoms with van der Waals surface area (Å²) in [5.74, 6) is 7.65. The lowest BCUT2D eigenvalue weighted by Gasteiger charge is -2.30. The Bertz CT molecular complexity index is 319. The van der Waals surface area contributed by atoms with E-state index in [0.717, 1.165) is 24.8 Å². The van der Waals surface area contributed by atoms with E-state index >= 15 is 0 Å². The third-order valence-corrected chi connectivity index (χ3v) is 2.88. The van der Waals surface area contributed by atoms with Gasteiger partial charge in [-0.2, -0.15) is 0 Å². The molecule has 0 amide bonds. The number of hydrazine groups is 1. The second kappa shape index (κ2) is 4.44. The van der Waals surface area contributed by atoms with Crippen LogP contribution in [0.3, 0.4) is 0 Å². The molecule has 0 spiro atoms. The summed E-state index contributed by atoms with van der Waals surface area (Å²) in [6.45, 7) is 4.41. The molecule has 5 nitrogen and oxygen atoms in total. The van der Waals surface area contributed by atoms with Gasteiger partial charge in [0.25, 0.3) is 0 Å². The van der Waals surface area contributed by atoms with Gasteiger partial charge in [-0.3, -0.25) is 4.98 Å². The number of hydrogen-bond donors (Lipinski definition) is 2. The Morgan fingerprint density at radius 2 is 2.13 bits per heavy atom. The predicted octanol–water partition coefficient (Wildman–Crippen LogP) is 0.999. The van der Waals surface area contributed by atoms with Crippen molar-refractivity contribution >= 4 is 11.6 Å². The van der Waals surface area contributed by atoms with Crippen LogP contribution in [0.15, 0.2) is 12.4 Å². The summed E-state index contributed by atoms with van der Waals surface area (Å²) >= 11 is 0. The molecule has 1 aliphatic heterocycles. The molecule has 2 heterocycles. The largest absolute Gasteiger partial charge is 0.355 e. The van der Waals surface area contributed by atoms with Crippen molar-refractivity contribution in [1.29, 1.82) is 0 Å². The average Bonchev–Trinajstić information content (AvgIpc) is 2.30. The van der Waals surface area contributed by atoms with Crippen LogP contribution >= 0.6 is 0 Å². The molecule has 1 saturated heterocycles. The first-order valence-electron chi connectivity index (χ1n) is 5.33. The zero-order valence-electron chi connectivity index (χ0n) is 8.98. The first-order valence-corrected chi connectivity index (χ1v) is 5.33. The van der Waals surface area contributed by atoms with E-state index in [9.17, 15) is 0 Å². The number of piperidine rings is 1. The van der Waals surface area contributed by atoms with Gasteiger partial charge in [0.2, 0.25) is 0 Å². The third-order valence-electron chi connectivity index (χ3n) is 2.88. The minimum Gasteiger partial charge on any atom is -0.355 e. The summed E-state index contributed by atoms with van der Waals surface area (Å²) in [5.41, 5.74) is 2.51. The number of anilines is 2. The second-order valence-corrected chi connectivity index (χ2v) is 4.08. The predicted molar refractivity (Wildman–Crippen MR) is 60.5 cm³/mol. The van der Waals surface area contributed by atoms with E-state index in [1.807, 2.05) is 0 Å². The first-order chi connectivity index (χ1) is 7.29. The van der Waals surface area contributed by atoms with Crippen molar-refractivity contribution in [3.05, 3.63) is 12.4 Å². The van der Waals surface area contributed by atoms with Crippen molar-refractivity contribution in [2.75, 3.05) is 23.4 Å². The minimum atomic E-state index is 0.617. The number of nitrogens with one attached hydrogen (secondary N) is 1. The summed E-state index contributed by atoms with van der Waals surface area (Å²) in [6, 6.07) is 0. The van der Waals surface area contributed by atoms with Gasteiger partial charge in [-0.1, -0.05) is 6.92 Å². The minimum absolute atomic E-state index is 0.617. The molecular weight excluding hydrogens is 190 g/mol. The van der Waals surface area contributed by atoms with Crippen LogP contribution in [0, 0.1) is 5.92 Å². The van der Waals surface area contributed by atoms with Crippen LogP contribution in [0.5, 0.6) is 0 Å². The molecule has 0 aliphatic carbocycles. The fourth-order valence-corrected chi connectivity index (χ4v) is 1.82. The highest BCUT2D eigenvalue weighted by atomic mass is 15.3. The van der Waals surface area contributed by atoms with E-state index in [2.05, 4.69) is 27.2 Å². The Kier molecular flexibility index (Phi) is 3.01. The first kappa shape index (κ1) is 10.2. The highest BCUT2D eigenvalue weighted by Crippen LogP contribution is 2.21. The Morgan fingerprint density at radius 3 is 2.80 bits per heavy atom. The summed E-state index contributed by atoms with van der Waals surface area (Å²) in [5, 5.41) is 0. The third kappa shape index (κ3) is 2.36. The zero-order valence-corrected chi connectivity index (χ0v) is 8.98. The van der Waals surface area contributed by atoms with Crippen LogP contribution in [-0.4, -0.2) is 23.1 Å². The summed E-state index contributed by atoms with van der Waals surface area (Å²) in [7, 11) is 0. The fourth-order valence-electron chi connectivity index (χ4n) is 1.82. The van der Waals surface area contributed by atoms with Gasteiger partial charge in [0.05, 0.1) is 12.4 Å². The molecule has 5 heteroatoms. The molecule has 15 heavy (non-hydrogen) atoms. The van der Waals surface area contributed by atoms with Gasteiger partial charge in [-0.25, -0.2) is 10.8 Å². The normalized spacial score (nSPS) is 17.9. The molecule has 82 valence electrons. The van der Waals surface area contributed by atoms with Gasteiger partial charge in [0, 0.05) is 13.1 Å². The van der Waals surface area contributed by atoms with Gasteiger partial charge in [0.1, 0.15) is 5.82 Å². The van der Waals surface area contributed by atoms with Crippen molar-refractivity contribution in [2.24, 2.45) is 11.8 Å². The lowest BCUT2D eigenvalue weighted by molar-refractivity contribution is 0.436. The average molecular weight is 207 g/mol. The molecule has 0 aromatic carbocycles. The van der Waals surface area contributed by atoms with Crippen LogP contribution in [0.1, 0.15) is 19.8 Å².